The van der Waals surface area contributed by atoms with Crippen LogP contribution in [0.5, 0.6) is 0 Å². The molecule has 0 atom stereocenters. The summed E-state index contributed by atoms with van der Waals surface area (Å²) in [5.41, 5.74) is 0. The first-order valence-electron chi connectivity index (χ1n) is 5.95. The third-order valence-electron chi connectivity index (χ3n) is 2.95. The highest BCUT2D eigenvalue weighted by molar-refractivity contribution is 7.99. The second-order valence-electron chi connectivity index (χ2n) is 4.22. The average Bonchev–Trinajstić information content (AvgIpc) is 2.72. The SMILES string of the molecule is Cn1nnnc1SCCNC1CCCCC1. The van der Waals surface area contributed by atoms with Crippen LogP contribution in [0.1, 0.15) is 32.1 Å². The van der Waals surface area contributed by atoms with E-state index in [1.165, 1.54) is 32.1 Å². The van der Waals surface area contributed by atoms with E-state index in [4.69, 9.17) is 0 Å². The minimum Gasteiger partial charge on any atom is -0.313 e. The molecular weight excluding hydrogens is 222 g/mol. The lowest BCUT2D eigenvalue weighted by molar-refractivity contribution is 0.381. The van der Waals surface area contributed by atoms with Gasteiger partial charge in [-0.1, -0.05) is 31.0 Å². The van der Waals surface area contributed by atoms with Gasteiger partial charge in [0.15, 0.2) is 0 Å². The highest BCUT2D eigenvalue weighted by Gasteiger charge is 2.12. The molecule has 16 heavy (non-hydrogen) atoms. The standard InChI is InChI=1S/C10H19N5S/c1-15-10(12-13-14-15)16-8-7-11-9-5-3-2-4-6-9/h9,11H,2-8H2,1H3. The van der Waals surface area contributed by atoms with Crippen molar-refractivity contribution < 1.29 is 0 Å². The molecule has 1 N–H and O–H groups in total. The van der Waals surface area contributed by atoms with Crippen LogP contribution in [0.4, 0.5) is 0 Å². The van der Waals surface area contributed by atoms with E-state index in [0.717, 1.165) is 23.5 Å². The summed E-state index contributed by atoms with van der Waals surface area (Å²) in [6.45, 7) is 1.04. The van der Waals surface area contributed by atoms with Gasteiger partial charge in [0.2, 0.25) is 5.16 Å². The van der Waals surface area contributed by atoms with E-state index >= 15 is 0 Å². The average molecular weight is 241 g/mol. The van der Waals surface area contributed by atoms with Crippen molar-refractivity contribution in [2.24, 2.45) is 7.05 Å². The zero-order chi connectivity index (χ0) is 11.2. The van der Waals surface area contributed by atoms with Crippen LogP contribution in [-0.4, -0.2) is 38.5 Å². The lowest BCUT2D eigenvalue weighted by Crippen LogP contribution is -2.32. The number of aryl methyl sites for hydroxylation is 1. The van der Waals surface area contributed by atoms with Crippen molar-refractivity contribution in [2.75, 3.05) is 12.3 Å². The molecule has 2 rings (SSSR count). The van der Waals surface area contributed by atoms with Gasteiger partial charge in [-0.25, -0.2) is 4.68 Å². The molecule has 0 aromatic carbocycles. The molecule has 0 unspecified atom stereocenters. The highest BCUT2D eigenvalue weighted by Crippen LogP contribution is 2.17. The maximum Gasteiger partial charge on any atom is 0.209 e. The zero-order valence-corrected chi connectivity index (χ0v) is 10.5. The molecule has 5 nitrogen and oxygen atoms in total. The molecule has 1 fully saturated rings. The summed E-state index contributed by atoms with van der Waals surface area (Å²) in [6.07, 6.45) is 6.87. The van der Waals surface area contributed by atoms with Gasteiger partial charge < -0.3 is 5.32 Å². The largest absolute Gasteiger partial charge is 0.313 e. The van der Waals surface area contributed by atoms with Crippen LogP contribution in [0.2, 0.25) is 0 Å². The van der Waals surface area contributed by atoms with Gasteiger partial charge in [0.1, 0.15) is 0 Å². The Bertz CT molecular complexity index is 308. The van der Waals surface area contributed by atoms with Crippen LogP contribution in [0.3, 0.4) is 0 Å². The predicted octanol–water partition coefficient (Wildman–Crippen LogP) is 1.22. The number of tetrazole rings is 1. The molecule has 0 saturated heterocycles. The van der Waals surface area contributed by atoms with E-state index in [1.54, 1.807) is 16.4 Å². The van der Waals surface area contributed by atoms with Crippen LogP contribution < -0.4 is 5.32 Å². The number of thioether (sulfide) groups is 1. The smallest absolute Gasteiger partial charge is 0.209 e. The van der Waals surface area contributed by atoms with Gasteiger partial charge in [-0.2, -0.15) is 0 Å². The highest BCUT2D eigenvalue weighted by atomic mass is 32.2. The fourth-order valence-electron chi connectivity index (χ4n) is 2.06. The Morgan fingerprint density at radius 2 is 2.19 bits per heavy atom. The maximum atomic E-state index is 3.94. The molecule has 1 aromatic rings. The summed E-state index contributed by atoms with van der Waals surface area (Å²) in [6, 6.07) is 0.743. The lowest BCUT2D eigenvalue weighted by atomic mass is 9.96. The first-order chi connectivity index (χ1) is 7.86. The van der Waals surface area contributed by atoms with E-state index in [-0.39, 0.29) is 0 Å². The summed E-state index contributed by atoms with van der Waals surface area (Å²) in [4.78, 5) is 0. The summed E-state index contributed by atoms with van der Waals surface area (Å²) in [5.74, 6) is 1.03. The Labute approximate surface area is 100 Å². The van der Waals surface area contributed by atoms with Crippen LogP contribution >= 0.6 is 11.8 Å². The molecule has 0 radical (unpaired) electrons. The normalized spacial score (nSPS) is 17.8. The van der Waals surface area contributed by atoms with Gasteiger partial charge in [-0.3, -0.25) is 0 Å². The van der Waals surface area contributed by atoms with Crippen molar-refractivity contribution in [3.8, 4) is 0 Å². The van der Waals surface area contributed by atoms with E-state index in [0.29, 0.717) is 0 Å². The van der Waals surface area contributed by atoms with Crippen LogP contribution in [0.15, 0.2) is 5.16 Å². The predicted molar refractivity (Wildman–Crippen MR) is 64.4 cm³/mol. The molecule has 0 amide bonds. The Morgan fingerprint density at radius 3 is 2.88 bits per heavy atom. The number of nitrogens with one attached hydrogen (secondary N) is 1. The third-order valence-corrected chi connectivity index (χ3v) is 3.96. The van der Waals surface area contributed by atoms with Crippen molar-refractivity contribution >= 4 is 11.8 Å². The Hall–Kier alpha value is -0.620. The van der Waals surface area contributed by atoms with E-state index < -0.39 is 0 Å². The fraction of sp³-hybridized carbons (Fsp3) is 0.900. The van der Waals surface area contributed by atoms with Gasteiger partial charge in [-0.05, 0) is 23.3 Å². The molecule has 90 valence electrons. The van der Waals surface area contributed by atoms with Crippen molar-refractivity contribution in [1.82, 2.24) is 25.5 Å². The van der Waals surface area contributed by atoms with E-state index in [9.17, 15) is 0 Å². The van der Waals surface area contributed by atoms with Gasteiger partial charge >= 0.3 is 0 Å². The lowest BCUT2D eigenvalue weighted by Gasteiger charge is -2.22. The second kappa shape index (κ2) is 6.20. The first kappa shape index (κ1) is 11.9. The topological polar surface area (TPSA) is 55.6 Å². The Balaban J connectivity index is 1.59. The van der Waals surface area contributed by atoms with Crippen molar-refractivity contribution in [1.29, 1.82) is 0 Å². The quantitative estimate of drug-likeness (QED) is 0.620. The Morgan fingerprint density at radius 1 is 1.38 bits per heavy atom. The van der Waals surface area contributed by atoms with Crippen molar-refractivity contribution in [2.45, 2.75) is 43.3 Å². The Kier molecular flexibility index (Phi) is 4.59. The molecule has 1 aliphatic rings. The summed E-state index contributed by atoms with van der Waals surface area (Å²) in [7, 11) is 1.87. The van der Waals surface area contributed by atoms with Gasteiger partial charge in [0.25, 0.3) is 0 Å². The number of hydrogen-bond acceptors (Lipinski definition) is 5. The maximum absolute atomic E-state index is 3.94. The molecule has 6 heteroatoms. The summed E-state index contributed by atoms with van der Waals surface area (Å²) >= 11 is 1.71. The molecule has 1 saturated carbocycles. The zero-order valence-electron chi connectivity index (χ0n) is 9.72. The summed E-state index contributed by atoms with van der Waals surface area (Å²) < 4.78 is 1.71. The molecule has 0 spiro atoms. The molecule has 1 aliphatic carbocycles. The van der Waals surface area contributed by atoms with E-state index in [2.05, 4.69) is 20.8 Å². The monoisotopic (exact) mass is 241 g/mol. The molecule has 0 bridgehead atoms. The van der Waals surface area contributed by atoms with E-state index in [1.807, 2.05) is 7.05 Å². The summed E-state index contributed by atoms with van der Waals surface area (Å²) in [5, 5.41) is 15.8. The number of rotatable bonds is 5. The van der Waals surface area contributed by atoms with Gasteiger partial charge in [0, 0.05) is 25.4 Å². The molecule has 0 aliphatic heterocycles. The first-order valence-corrected chi connectivity index (χ1v) is 6.93. The van der Waals surface area contributed by atoms with Crippen LogP contribution in [0.25, 0.3) is 0 Å². The van der Waals surface area contributed by atoms with Crippen molar-refractivity contribution in [3.05, 3.63) is 0 Å². The molecule has 1 aromatic heterocycles. The third kappa shape index (κ3) is 3.45. The second-order valence-corrected chi connectivity index (χ2v) is 5.28. The minimum absolute atomic E-state index is 0.743. The fourth-order valence-corrected chi connectivity index (χ4v) is 2.78. The number of hydrogen-bond donors (Lipinski definition) is 1. The molecular formula is C10H19N5S. The van der Waals surface area contributed by atoms with Gasteiger partial charge in [0.05, 0.1) is 0 Å². The van der Waals surface area contributed by atoms with Gasteiger partial charge in [-0.15, -0.1) is 5.10 Å². The van der Waals surface area contributed by atoms with Crippen LogP contribution in [0, 0.1) is 0 Å². The number of aromatic nitrogens is 4. The molecule has 1 heterocycles. The number of nitrogens with zero attached hydrogens (tertiary/aromatic N) is 4. The minimum atomic E-state index is 0.743. The van der Waals surface area contributed by atoms with Crippen molar-refractivity contribution in [3.63, 3.8) is 0 Å². The van der Waals surface area contributed by atoms with Crippen LogP contribution in [-0.2, 0) is 7.05 Å².